The van der Waals surface area contributed by atoms with Crippen LogP contribution in [0.3, 0.4) is 0 Å². The Bertz CT molecular complexity index is 763. The molecule has 2 rings (SSSR count). The molecule has 2 aromatic rings. The van der Waals surface area contributed by atoms with Crippen molar-refractivity contribution in [3.63, 3.8) is 0 Å². The molecule has 0 spiro atoms. The molecule has 0 radical (unpaired) electrons. The normalized spacial score (nSPS) is 10.4. The van der Waals surface area contributed by atoms with Crippen LogP contribution in [0.1, 0.15) is 32.1 Å². The summed E-state index contributed by atoms with van der Waals surface area (Å²) in [5, 5.41) is 5.46. The van der Waals surface area contributed by atoms with Crippen LogP contribution in [-0.4, -0.2) is 43.6 Å². The van der Waals surface area contributed by atoms with Crippen LogP contribution in [0.25, 0.3) is 0 Å². The summed E-state index contributed by atoms with van der Waals surface area (Å²) in [6.07, 6.45) is 0.689. The number of nitrogen functional groups attached to an aromatic ring is 1. The minimum absolute atomic E-state index is 0.0555. The highest BCUT2D eigenvalue weighted by atomic mass is 32.1. The molecule has 1 aromatic heterocycles. The second kappa shape index (κ2) is 9.73. The molecule has 0 aliphatic carbocycles. The molecule has 0 unspecified atom stereocenters. The summed E-state index contributed by atoms with van der Waals surface area (Å²) in [6, 6.07) is 7.35. The number of nitrogens with zero attached hydrogens (tertiary/aromatic N) is 1. The van der Waals surface area contributed by atoms with Crippen LogP contribution in [0, 0.1) is 0 Å². The fourth-order valence-corrected chi connectivity index (χ4v) is 2.89. The third-order valence-corrected chi connectivity index (χ3v) is 4.41. The second-order valence-corrected chi connectivity index (χ2v) is 6.18. The minimum Gasteiger partial charge on any atom is -0.497 e. The number of hydrogen-bond donors (Lipinski definition) is 3. The van der Waals surface area contributed by atoms with Crippen molar-refractivity contribution in [2.45, 2.75) is 13.0 Å². The lowest BCUT2D eigenvalue weighted by molar-refractivity contribution is 0.0946. The van der Waals surface area contributed by atoms with Crippen LogP contribution < -0.4 is 21.1 Å². The Morgan fingerprint density at radius 1 is 1.23 bits per heavy atom. The van der Waals surface area contributed by atoms with E-state index in [1.54, 1.807) is 14.2 Å². The Morgan fingerprint density at radius 3 is 2.77 bits per heavy atom. The van der Waals surface area contributed by atoms with E-state index >= 15 is 0 Å². The van der Waals surface area contributed by atoms with E-state index in [1.165, 1.54) is 0 Å². The van der Waals surface area contributed by atoms with Crippen molar-refractivity contribution in [3.8, 4) is 5.75 Å². The molecule has 1 aromatic carbocycles. The van der Waals surface area contributed by atoms with Crippen molar-refractivity contribution in [1.82, 2.24) is 15.0 Å². The number of nitrogens with two attached hydrogens (primary N) is 1. The lowest BCUT2D eigenvalue weighted by atomic mass is 10.2. The summed E-state index contributed by atoms with van der Waals surface area (Å²) in [5.41, 5.74) is 6.95. The third-order valence-electron chi connectivity index (χ3n) is 3.55. The zero-order valence-electron chi connectivity index (χ0n) is 14.7. The highest BCUT2D eigenvalue weighted by molar-refractivity contribution is 7.09. The number of anilines is 1. The van der Waals surface area contributed by atoms with Gasteiger partial charge < -0.3 is 25.8 Å². The zero-order valence-corrected chi connectivity index (χ0v) is 15.5. The Kier molecular flexibility index (Phi) is 7.37. The molecule has 26 heavy (non-hydrogen) atoms. The maximum atomic E-state index is 12.3. The van der Waals surface area contributed by atoms with Crippen molar-refractivity contribution in [2.75, 3.05) is 33.1 Å². The number of ether oxygens (including phenoxy) is 2. The largest absolute Gasteiger partial charge is 0.497 e. The molecule has 2 amide bonds. The van der Waals surface area contributed by atoms with Gasteiger partial charge in [0, 0.05) is 26.8 Å². The van der Waals surface area contributed by atoms with Gasteiger partial charge in [0.05, 0.1) is 12.8 Å². The van der Waals surface area contributed by atoms with E-state index in [9.17, 15) is 9.59 Å². The van der Waals surface area contributed by atoms with Gasteiger partial charge in [-0.25, -0.2) is 0 Å². The monoisotopic (exact) mass is 378 g/mol. The van der Waals surface area contributed by atoms with Crippen LogP contribution in [0.2, 0.25) is 0 Å². The molecule has 0 saturated carbocycles. The lowest BCUT2D eigenvalue weighted by Crippen LogP contribution is -2.26. The van der Waals surface area contributed by atoms with Crippen LogP contribution in [0.5, 0.6) is 5.75 Å². The number of rotatable bonds is 9. The minimum atomic E-state index is -0.431. The molecule has 4 N–H and O–H groups in total. The van der Waals surface area contributed by atoms with Gasteiger partial charge in [0.1, 0.15) is 10.6 Å². The van der Waals surface area contributed by atoms with Crippen molar-refractivity contribution in [2.24, 2.45) is 0 Å². The highest BCUT2D eigenvalue weighted by Gasteiger charge is 2.21. The topological polar surface area (TPSA) is 116 Å². The summed E-state index contributed by atoms with van der Waals surface area (Å²) in [5.74, 6) is -0.0692. The number of hydrogen-bond acceptors (Lipinski definition) is 7. The van der Waals surface area contributed by atoms with Crippen LogP contribution in [0.15, 0.2) is 24.3 Å². The van der Waals surface area contributed by atoms with Gasteiger partial charge >= 0.3 is 0 Å². The zero-order chi connectivity index (χ0) is 18.9. The van der Waals surface area contributed by atoms with Gasteiger partial charge in [-0.2, -0.15) is 4.37 Å². The predicted molar refractivity (Wildman–Crippen MR) is 99.5 cm³/mol. The van der Waals surface area contributed by atoms with Gasteiger partial charge in [-0.15, -0.1) is 0 Å². The Balaban J connectivity index is 1.95. The maximum absolute atomic E-state index is 12.3. The third kappa shape index (κ3) is 5.17. The predicted octanol–water partition coefficient (Wildman–Crippen LogP) is 1.43. The first-order valence-corrected chi connectivity index (χ1v) is 8.77. The Hall–Kier alpha value is -2.65. The van der Waals surface area contributed by atoms with E-state index < -0.39 is 5.91 Å². The van der Waals surface area contributed by atoms with Gasteiger partial charge in [-0.1, -0.05) is 12.1 Å². The maximum Gasteiger partial charge on any atom is 0.273 e. The molecule has 0 saturated heterocycles. The average Bonchev–Trinajstić information content (AvgIpc) is 3.05. The van der Waals surface area contributed by atoms with Gasteiger partial charge in [0.2, 0.25) is 0 Å². The SMILES string of the molecule is COCCCNC(=O)c1snc(C(=O)NCc2cccc(OC)c2)c1N. The van der Waals surface area contributed by atoms with Gasteiger partial charge in [-0.3, -0.25) is 9.59 Å². The van der Waals surface area contributed by atoms with Crippen molar-refractivity contribution >= 4 is 29.0 Å². The summed E-state index contributed by atoms with van der Waals surface area (Å²) < 4.78 is 14.1. The first-order chi connectivity index (χ1) is 12.6. The van der Waals surface area contributed by atoms with E-state index in [0.717, 1.165) is 17.1 Å². The molecule has 8 nitrogen and oxygen atoms in total. The molecule has 0 bridgehead atoms. The summed E-state index contributed by atoms with van der Waals surface area (Å²) in [6.45, 7) is 1.31. The molecular formula is C17H22N4O4S. The Labute approximate surface area is 155 Å². The average molecular weight is 378 g/mol. The summed E-state index contributed by atoms with van der Waals surface area (Å²) in [4.78, 5) is 24.6. The molecule has 9 heteroatoms. The summed E-state index contributed by atoms with van der Waals surface area (Å²) in [7, 11) is 3.18. The van der Waals surface area contributed by atoms with Crippen molar-refractivity contribution in [3.05, 3.63) is 40.4 Å². The quantitative estimate of drug-likeness (QED) is 0.569. The highest BCUT2D eigenvalue weighted by Crippen LogP contribution is 2.21. The smallest absolute Gasteiger partial charge is 0.273 e. The second-order valence-electron chi connectivity index (χ2n) is 5.41. The standard InChI is InChI=1S/C17H22N4O4S/c1-24-8-4-7-19-17(23)15-13(18)14(21-26-15)16(22)20-10-11-5-3-6-12(9-11)25-2/h3,5-6,9H,4,7-8,10,18H2,1-2H3,(H,19,23)(H,20,22). The summed E-state index contributed by atoms with van der Waals surface area (Å²) >= 11 is 0.905. The van der Waals surface area contributed by atoms with Gasteiger partial charge in [0.25, 0.3) is 11.8 Å². The number of carbonyl (C=O) groups is 2. The molecule has 140 valence electrons. The van der Waals surface area contributed by atoms with E-state index in [1.807, 2.05) is 24.3 Å². The number of nitrogens with one attached hydrogen (secondary N) is 2. The van der Waals surface area contributed by atoms with Crippen molar-refractivity contribution in [1.29, 1.82) is 0 Å². The first-order valence-electron chi connectivity index (χ1n) is 8.00. The molecule has 0 fully saturated rings. The van der Waals surface area contributed by atoms with Gasteiger partial charge in [-0.05, 0) is 35.6 Å². The van der Waals surface area contributed by atoms with Crippen LogP contribution >= 0.6 is 11.5 Å². The van der Waals surface area contributed by atoms with E-state index in [0.29, 0.717) is 31.9 Å². The lowest BCUT2D eigenvalue weighted by Gasteiger charge is -2.06. The number of methoxy groups -OCH3 is 2. The number of benzene rings is 1. The van der Waals surface area contributed by atoms with Crippen LogP contribution in [0.4, 0.5) is 5.69 Å². The first kappa shape index (κ1) is 19.7. The van der Waals surface area contributed by atoms with E-state index in [2.05, 4.69) is 15.0 Å². The Morgan fingerprint density at radius 2 is 2.04 bits per heavy atom. The fourth-order valence-electron chi connectivity index (χ4n) is 2.17. The van der Waals surface area contributed by atoms with Gasteiger partial charge in [0.15, 0.2) is 5.69 Å². The molecule has 0 aliphatic heterocycles. The molecule has 0 aliphatic rings. The van der Waals surface area contributed by atoms with E-state index in [4.69, 9.17) is 15.2 Å². The molecule has 0 atom stereocenters. The number of carbonyl (C=O) groups excluding carboxylic acids is 2. The van der Waals surface area contributed by atoms with E-state index in [-0.39, 0.29) is 22.2 Å². The number of aromatic nitrogens is 1. The van der Waals surface area contributed by atoms with Crippen molar-refractivity contribution < 1.29 is 19.1 Å². The molecule has 1 heterocycles. The fraction of sp³-hybridized carbons (Fsp3) is 0.353. The number of amides is 2. The van der Waals surface area contributed by atoms with Crippen LogP contribution in [-0.2, 0) is 11.3 Å². The molecular weight excluding hydrogens is 356 g/mol.